The molecule has 1 aliphatic carbocycles. The molecule has 0 bridgehead atoms. The van der Waals surface area contributed by atoms with Crippen LogP contribution in [0.2, 0.25) is 0 Å². The zero-order chi connectivity index (χ0) is 11.8. The Morgan fingerprint density at radius 3 is 2.62 bits per heavy atom. The third-order valence-electron chi connectivity index (χ3n) is 3.76. The van der Waals surface area contributed by atoms with Crippen molar-refractivity contribution in [1.29, 1.82) is 5.26 Å². The largest absolute Gasteiger partial charge is 0.197 e. The molecular weight excluding hydrogens is 262 g/mol. The first kappa shape index (κ1) is 11.7. The fourth-order valence-corrected chi connectivity index (χ4v) is 2.88. The maximum atomic E-state index is 9.42. The summed E-state index contributed by atoms with van der Waals surface area (Å²) in [6, 6.07) is 10.7. The highest BCUT2D eigenvalue weighted by Crippen LogP contribution is 2.50. The molecule has 1 nitrogen and oxygen atoms in total. The third-order valence-corrected chi connectivity index (χ3v) is 4.25. The van der Waals surface area contributed by atoms with Gasteiger partial charge in [0.2, 0.25) is 0 Å². The van der Waals surface area contributed by atoms with E-state index in [9.17, 15) is 5.26 Å². The molecule has 84 valence electrons. The average molecular weight is 278 g/mol. The molecule has 0 saturated heterocycles. The van der Waals surface area contributed by atoms with Gasteiger partial charge in [-0.1, -0.05) is 41.9 Å². The number of halogens is 1. The summed E-state index contributed by atoms with van der Waals surface area (Å²) in [6.07, 6.45) is 2.02. The van der Waals surface area contributed by atoms with Crippen LogP contribution in [0.3, 0.4) is 0 Å². The van der Waals surface area contributed by atoms with Gasteiger partial charge in [0, 0.05) is 4.47 Å². The molecule has 0 spiro atoms. The number of benzene rings is 1. The van der Waals surface area contributed by atoms with Crippen molar-refractivity contribution in [3.05, 3.63) is 34.3 Å². The van der Waals surface area contributed by atoms with E-state index in [1.807, 2.05) is 12.1 Å². The lowest BCUT2D eigenvalue weighted by molar-refractivity contribution is 0.145. The molecule has 0 aromatic heterocycles. The van der Waals surface area contributed by atoms with Gasteiger partial charge >= 0.3 is 0 Å². The van der Waals surface area contributed by atoms with E-state index in [1.54, 1.807) is 0 Å². The predicted octanol–water partition coefficient (Wildman–Crippen LogP) is 4.28. The van der Waals surface area contributed by atoms with Crippen LogP contribution >= 0.6 is 15.9 Å². The third kappa shape index (κ3) is 1.89. The summed E-state index contributed by atoms with van der Waals surface area (Å²) in [7, 11) is 0. The van der Waals surface area contributed by atoms with Crippen LogP contribution < -0.4 is 0 Å². The second kappa shape index (κ2) is 4.22. The number of hydrogen-bond acceptors (Lipinski definition) is 1. The predicted molar refractivity (Wildman–Crippen MR) is 69.0 cm³/mol. The van der Waals surface area contributed by atoms with Gasteiger partial charge in [-0.05, 0) is 42.4 Å². The SMILES string of the molecule is CC(C)[C@H]1C[C@](C#N)(c2cccc(Br)c2)C1. The lowest BCUT2D eigenvalue weighted by Crippen LogP contribution is -2.42. The molecule has 0 unspecified atom stereocenters. The van der Waals surface area contributed by atoms with Crippen LogP contribution in [0.5, 0.6) is 0 Å². The van der Waals surface area contributed by atoms with Gasteiger partial charge in [-0.25, -0.2) is 0 Å². The zero-order valence-electron chi connectivity index (χ0n) is 9.70. The second-order valence-corrected chi connectivity index (χ2v) is 6.03. The topological polar surface area (TPSA) is 23.8 Å². The summed E-state index contributed by atoms with van der Waals surface area (Å²) < 4.78 is 1.06. The van der Waals surface area contributed by atoms with Gasteiger partial charge < -0.3 is 0 Å². The Morgan fingerprint density at radius 1 is 1.44 bits per heavy atom. The molecule has 2 heteroatoms. The first-order chi connectivity index (χ1) is 7.57. The van der Waals surface area contributed by atoms with Crippen molar-refractivity contribution in [2.75, 3.05) is 0 Å². The normalized spacial score (nSPS) is 28.6. The molecule has 0 heterocycles. The minimum absolute atomic E-state index is 0.223. The number of nitrogens with zero attached hydrogens (tertiary/aromatic N) is 1. The smallest absolute Gasteiger partial charge is 0.0828 e. The van der Waals surface area contributed by atoms with E-state index in [1.165, 1.54) is 5.56 Å². The van der Waals surface area contributed by atoms with E-state index in [4.69, 9.17) is 0 Å². The fourth-order valence-electron chi connectivity index (χ4n) is 2.48. The zero-order valence-corrected chi connectivity index (χ0v) is 11.3. The minimum Gasteiger partial charge on any atom is -0.197 e. The van der Waals surface area contributed by atoms with Gasteiger partial charge in [0.05, 0.1) is 11.5 Å². The van der Waals surface area contributed by atoms with Crippen LogP contribution in [-0.2, 0) is 5.41 Å². The summed E-state index contributed by atoms with van der Waals surface area (Å²) in [5.74, 6) is 1.40. The molecule has 0 radical (unpaired) electrons. The summed E-state index contributed by atoms with van der Waals surface area (Å²) in [6.45, 7) is 4.49. The van der Waals surface area contributed by atoms with E-state index in [2.05, 4.69) is 48.0 Å². The molecule has 1 aliphatic rings. The van der Waals surface area contributed by atoms with E-state index in [0.29, 0.717) is 11.8 Å². The first-order valence-electron chi connectivity index (χ1n) is 5.75. The summed E-state index contributed by atoms with van der Waals surface area (Å²) in [5.41, 5.74) is 0.944. The van der Waals surface area contributed by atoms with Crippen LogP contribution in [0.1, 0.15) is 32.3 Å². The maximum absolute atomic E-state index is 9.42. The Balaban J connectivity index is 2.23. The number of hydrogen-bond donors (Lipinski definition) is 0. The molecule has 1 aromatic carbocycles. The highest BCUT2D eigenvalue weighted by Gasteiger charge is 2.46. The molecule has 1 saturated carbocycles. The molecule has 0 aliphatic heterocycles. The standard InChI is InChI=1S/C14H16BrN/c1-10(2)11-7-14(8-11,9-16)12-4-3-5-13(15)6-12/h3-6,10-11H,7-8H2,1-2H3/t11-,14-. The number of rotatable bonds is 2. The molecule has 1 fully saturated rings. The van der Waals surface area contributed by atoms with E-state index in [0.717, 1.165) is 17.3 Å². The van der Waals surface area contributed by atoms with Gasteiger partial charge in [-0.2, -0.15) is 5.26 Å². The summed E-state index contributed by atoms with van der Waals surface area (Å²) in [5, 5.41) is 9.42. The van der Waals surface area contributed by atoms with Gasteiger partial charge in [0.1, 0.15) is 0 Å². The summed E-state index contributed by atoms with van der Waals surface area (Å²) >= 11 is 3.47. The molecule has 1 aromatic rings. The Hall–Kier alpha value is -0.810. The first-order valence-corrected chi connectivity index (χ1v) is 6.54. The van der Waals surface area contributed by atoms with E-state index in [-0.39, 0.29) is 5.41 Å². The second-order valence-electron chi connectivity index (χ2n) is 5.12. The van der Waals surface area contributed by atoms with Crippen molar-refractivity contribution in [2.24, 2.45) is 11.8 Å². The molecule has 2 rings (SSSR count). The maximum Gasteiger partial charge on any atom is 0.0828 e. The van der Waals surface area contributed by atoms with E-state index < -0.39 is 0 Å². The molecule has 0 N–H and O–H groups in total. The Labute approximate surface area is 106 Å². The molecule has 0 atom stereocenters. The molecule has 0 amide bonds. The van der Waals surface area contributed by atoms with Gasteiger partial charge in [-0.15, -0.1) is 0 Å². The Bertz CT molecular complexity index is 425. The van der Waals surface area contributed by atoms with Crippen LogP contribution in [0.25, 0.3) is 0 Å². The van der Waals surface area contributed by atoms with E-state index >= 15 is 0 Å². The van der Waals surface area contributed by atoms with Gasteiger partial charge in [-0.3, -0.25) is 0 Å². The minimum atomic E-state index is -0.223. The molecule has 16 heavy (non-hydrogen) atoms. The fraction of sp³-hybridized carbons (Fsp3) is 0.500. The van der Waals surface area contributed by atoms with Crippen LogP contribution in [0.15, 0.2) is 28.7 Å². The van der Waals surface area contributed by atoms with Crippen molar-refractivity contribution in [3.63, 3.8) is 0 Å². The van der Waals surface area contributed by atoms with Crippen molar-refractivity contribution >= 4 is 15.9 Å². The highest BCUT2D eigenvalue weighted by molar-refractivity contribution is 9.10. The van der Waals surface area contributed by atoms with Crippen LogP contribution in [0.4, 0.5) is 0 Å². The Morgan fingerprint density at radius 2 is 2.12 bits per heavy atom. The number of nitriles is 1. The highest BCUT2D eigenvalue weighted by atomic mass is 79.9. The van der Waals surface area contributed by atoms with Crippen LogP contribution in [-0.4, -0.2) is 0 Å². The van der Waals surface area contributed by atoms with Crippen molar-refractivity contribution < 1.29 is 0 Å². The van der Waals surface area contributed by atoms with Crippen LogP contribution in [0, 0.1) is 23.2 Å². The van der Waals surface area contributed by atoms with Crippen molar-refractivity contribution in [2.45, 2.75) is 32.1 Å². The van der Waals surface area contributed by atoms with Gasteiger partial charge in [0.25, 0.3) is 0 Å². The monoisotopic (exact) mass is 277 g/mol. The molecular formula is C14H16BrN. The lowest BCUT2D eigenvalue weighted by atomic mass is 9.57. The quantitative estimate of drug-likeness (QED) is 0.792. The average Bonchev–Trinajstić information content (AvgIpc) is 2.16. The van der Waals surface area contributed by atoms with Crippen molar-refractivity contribution in [3.8, 4) is 6.07 Å². The van der Waals surface area contributed by atoms with Gasteiger partial charge in [0.15, 0.2) is 0 Å². The Kier molecular flexibility index (Phi) is 3.08. The lowest BCUT2D eigenvalue weighted by Gasteiger charge is -2.45. The van der Waals surface area contributed by atoms with Crippen molar-refractivity contribution in [1.82, 2.24) is 0 Å². The summed E-state index contributed by atoms with van der Waals surface area (Å²) in [4.78, 5) is 0.